The maximum atomic E-state index is 10.7. The Balaban J connectivity index is 3.55. The van der Waals surface area contributed by atoms with E-state index in [0.717, 1.165) is 0 Å². The third kappa shape index (κ3) is 7.07. The van der Waals surface area contributed by atoms with Gasteiger partial charge in [0.2, 0.25) is 0 Å². The lowest BCUT2D eigenvalue weighted by molar-refractivity contribution is -0.136. The predicted molar refractivity (Wildman–Crippen MR) is 43.2 cm³/mol. The number of carboxylic acids is 1. The fourth-order valence-corrected chi connectivity index (χ4v) is 0.569. The van der Waals surface area contributed by atoms with Crippen LogP contribution in [0.25, 0.3) is 0 Å². The highest BCUT2D eigenvalue weighted by Gasteiger charge is 2.09. The molecule has 0 aromatic carbocycles. The highest BCUT2D eigenvalue weighted by molar-refractivity contribution is 5.69. The van der Waals surface area contributed by atoms with Gasteiger partial charge in [-0.25, -0.2) is 4.79 Å². The number of aliphatic carboxylic acids is 1. The lowest BCUT2D eigenvalue weighted by Crippen LogP contribution is -2.35. The van der Waals surface area contributed by atoms with Crippen molar-refractivity contribution in [3.63, 3.8) is 0 Å². The molecule has 76 valence electrons. The van der Waals surface area contributed by atoms with Gasteiger partial charge < -0.3 is 14.6 Å². The topological polar surface area (TPSA) is 84.9 Å². The molecule has 0 aliphatic rings. The quantitative estimate of drug-likeness (QED) is 0.476. The van der Waals surface area contributed by atoms with Crippen LogP contribution in [0.3, 0.4) is 0 Å². The molecular weight excluding hydrogens is 178 g/mol. The van der Waals surface area contributed by atoms with Gasteiger partial charge in [-0.1, -0.05) is 0 Å². The first-order chi connectivity index (χ1) is 6.06. The molecule has 0 aromatic rings. The summed E-state index contributed by atoms with van der Waals surface area (Å²) in [6.07, 6.45) is -1.48. The van der Waals surface area contributed by atoms with Gasteiger partial charge in [0.25, 0.3) is 0 Å². The van der Waals surface area contributed by atoms with Gasteiger partial charge in [0, 0.05) is 0 Å². The van der Waals surface area contributed by atoms with Crippen molar-refractivity contribution < 1.29 is 24.2 Å². The average molecular weight is 191 g/mol. The molecule has 0 amide bonds. The number of hydrogen-bond donors (Lipinski definition) is 2. The van der Waals surface area contributed by atoms with Crippen molar-refractivity contribution in [2.45, 2.75) is 20.1 Å². The second-order valence-electron chi connectivity index (χ2n) is 2.22. The van der Waals surface area contributed by atoms with Crippen LogP contribution in [0.15, 0.2) is 0 Å². The van der Waals surface area contributed by atoms with Gasteiger partial charge >= 0.3 is 12.1 Å². The summed E-state index contributed by atoms with van der Waals surface area (Å²) < 4.78 is 9.08. The lowest BCUT2D eigenvalue weighted by atomic mass is 10.6. The lowest BCUT2D eigenvalue weighted by Gasteiger charge is -2.12. The number of nitrogens with one attached hydrogen (secondary N) is 1. The van der Waals surface area contributed by atoms with Crippen molar-refractivity contribution >= 4 is 12.1 Å². The molecule has 0 fully saturated rings. The van der Waals surface area contributed by atoms with Crippen molar-refractivity contribution in [2.24, 2.45) is 0 Å². The van der Waals surface area contributed by atoms with Crippen LogP contribution in [0.5, 0.6) is 0 Å². The summed E-state index contributed by atoms with van der Waals surface area (Å²) in [7, 11) is 0. The van der Waals surface area contributed by atoms with E-state index in [2.05, 4.69) is 14.8 Å². The minimum absolute atomic E-state index is 0.227. The molecule has 0 aliphatic carbocycles. The zero-order chi connectivity index (χ0) is 10.3. The highest BCUT2D eigenvalue weighted by Crippen LogP contribution is 1.90. The summed E-state index contributed by atoms with van der Waals surface area (Å²) in [5.74, 6) is -1.01. The highest BCUT2D eigenvalue weighted by atomic mass is 16.7. The van der Waals surface area contributed by atoms with Crippen molar-refractivity contribution in [1.82, 2.24) is 5.32 Å². The molecular formula is C7H13NO5. The second kappa shape index (κ2) is 6.24. The normalized spacial score (nSPS) is 11.8. The third-order valence-corrected chi connectivity index (χ3v) is 1.08. The fraction of sp³-hybridized carbons (Fsp3) is 0.714. The summed E-state index contributed by atoms with van der Waals surface area (Å²) >= 11 is 0. The van der Waals surface area contributed by atoms with Gasteiger partial charge in [-0.15, -0.1) is 0 Å². The van der Waals surface area contributed by atoms with E-state index in [0.29, 0.717) is 0 Å². The smallest absolute Gasteiger partial charge is 0.480 e. The van der Waals surface area contributed by atoms with E-state index < -0.39 is 18.4 Å². The third-order valence-electron chi connectivity index (χ3n) is 1.08. The first-order valence-electron chi connectivity index (χ1n) is 3.84. The predicted octanol–water partition coefficient (Wildman–Crippen LogP) is 0.180. The van der Waals surface area contributed by atoms with Crippen LogP contribution in [-0.2, 0) is 14.3 Å². The van der Waals surface area contributed by atoms with Crippen LogP contribution in [0.4, 0.5) is 4.79 Å². The number of rotatable bonds is 5. The molecule has 0 aliphatic heterocycles. The van der Waals surface area contributed by atoms with Gasteiger partial charge in [-0.3, -0.25) is 10.1 Å². The van der Waals surface area contributed by atoms with Gasteiger partial charge in [0.05, 0.1) is 13.2 Å². The number of hydrogen-bond acceptors (Lipinski definition) is 5. The maximum Gasteiger partial charge on any atom is 0.509 e. The van der Waals surface area contributed by atoms with Crippen molar-refractivity contribution in [2.75, 3.05) is 13.2 Å². The number of carboxylic acid groups (broad SMARTS) is 1. The maximum absolute atomic E-state index is 10.7. The first kappa shape index (κ1) is 11.7. The standard InChI is InChI=1S/C7H13NO5/c1-3-12-7(11)13-5(2)8-4-6(9)10/h5,8H,3-4H2,1-2H3,(H,9,10). The van der Waals surface area contributed by atoms with E-state index >= 15 is 0 Å². The van der Waals surface area contributed by atoms with Gasteiger partial charge in [-0.05, 0) is 13.8 Å². The molecule has 2 N–H and O–H groups in total. The molecule has 0 rings (SSSR count). The fourth-order valence-electron chi connectivity index (χ4n) is 0.569. The summed E-state index contributed by atoms with van der Waals surface area (Å²) in [5.41, 5.74) is 0. The van der Waals surface area contributed by atoms with E-state index in [-0.39, 0.29) is 13.2 Å². The van der Waals surface area contributed by atoms with Crippen LogP contribution in [-0.4, -0.2) is 36.6 Å². The summed E-state index contributed by atoms with van der Waals surface area (Å²) in [5, 5.41) is 10.7. The molecule has 6 nitrogen and oxygen atoms in total. The zero-order valence-corrected chi connectivity index (χ0v) is 7.57. The van der Waals surface area contributed by atoms with Crippen molar-refractivity contribution in [1.29, 1.82) is 0 Å². The molecule has 0 heterocycles. The van der Waals surface area contributed by atoms with E-state index in [4.69, 9.17) is 5.11 Å². The summed E-state index contributed by atoms with van der Waals surface area (Å²) in [6.45, 7) is 3.13. The van der Waals surface area contributed by atoms with E-state index in [1.807, 2.05) is 0 Å². The van der Waals surface area contributed by atoms with Crippen LogP contribution in [0.2, 0.25) is 0 Å². The Morgan fingerprint density at radius 1 is 1.54 bits per heavy atom. The largest absolute Gasteiger partial charge is 0.509 e. The van der Waals surface area contributed by atoms with Crippen molar-refractivity contribution in [3.05, 3.63) is 0 Å². The minimum atomic E-state index is -1.01. The summed E-state index contributed by atoms with van der Waals surface area (Å²) in [6, 6.07) is 0. The van der Waals surface area contributed by atoms with Crippen LogP contribution in [0.1, 0.15) is 13.8 Å². The number of carbonyl (C=O) groups is 2. The van der Waals surface area contributed by atoms with Gasteiger partial charge in [0.1, 0.15) is 0 Å². The molecule has 0 bridgehead atoms. The Hall–Kier alpha value is -1.30. The molecule has 0 aromatic heterocycles. The Bertz CT molecular complexity index is 182. The van der Waals surface area contributed by atoms with E-state index in [1.165, 1.54) is 6.92 Å². The minimum Gasteiger partial charge on any atom is -0.480 e. The van der Waals surface area contributed by atoms with Gasteiger partial charge in [-0.2, -0.15) is 0 Å². The van der Waals surface area contributed by atoms with E-state index in [9.17, 15) is 9.59 Å². The van der Waals surface area contributed by atoms with E-state index in [1.54, 1.807) is 6.92 Å². The molecule has 1 atom stereocenters. The Kier molecular flexibility index (Phi) is 5.62. The number of carbonyl (C=O) groups excluding carboxylic acids is 1. The molecule has 13 heavy (non-hydrogen) atoms. The monoisotopic (exact) mass is 191 g/mol. The van der Waals surface area contributed by atoms with Crippen LogP contribution < -0.4 is 5.32 Å². The molecule has 0 radical (unpaired) electrons. The zero-order valence-electron chi connectivity index (χ0n) is 7.57. The Morgan fingerprint density at radius 3 is 2.62 bits per heavy atom. The molecule has 1 unspecified atom stereocenters. The molecule has 6 heteroatoms. The molecule has 0 saturated carbocycles. The van der Waals surface area contributed by atoms with Crippen LogP contribution >= 0.6 is 0 Å². The first-order valence-corrected chi connectivity index (χ1v) is 3.84. The van der Waals surface area contributed by atoms with Crippen molar-refractivity contribution in [3.8, 4) is 0 Å². The van der Waals surface area contributed by atoms with Crippen LogP contribution in [0, 0.1) is 0 Å². The molecule has 0 saturated heterocycles. The SMILES string of the molecule is CCOC(=O)OC(C)NCC(=O)O. The average Bonchev–Trinajstić information content (AvgIpc) is 2.01. The van der Waals surface area contributed by atoms with Gasteiger partial charge in [0.15, 0.2) is 6.23 Å². The number of ether oxygens (including phenoxy) is 2. The summed E-state index contributed by atoms with van der Waals surface area (Å²) in [4.78, 5) is 20.7. The Labute approximate surface area is 75.8 Å². The molecule has 0 spiro atoms. The Morgan fingerprint density at radius 2 is 2.15 bits per heavy atom. The second-order valence-corrected chi connectivity index (χ2v) is 2.22.